The average Bonchev–Trinajstić information content (AvgIpc) is 2.60. The summed E-state index contributed by atoms with van der Waals surface area (Å²) in [5, 5.41) is 0.589. The summed E-state index contributed by atoms with van der Waals surface area (Å²) < 4.78 is 13.5. The van der Waals surface area contributed by atoms with Crippen molar-refractivity contribution in [3.8, 4) is 11.3 Å². The lowest BCUT2D eigenvalue weighted by molar-refractivity contribution is 0.631. The maximum Gasteiger partial charge on any atom is 0.197 e. The standard InChI is InChI=1S/C10H10FN3S/c1-6-9(13-10(14-12)15-6)7-4-2-3-5-8(7)11/h2-5H,12H2,1H3,(H,13,14). The second-order valence-corrected chi connectivity index (χ2v) is 4.25. The van der Waals surface area contributed by atoms with E-state index in [1.807, 2.05) is 6.92 Å². The number of rotatable bonds is 2. The first-order chi connectivity index (χ1) is 7.22. The van der Waals surface area contributed by atoms with E-state index in [4.69, 9.17) is 5.84 Å². The lowest BCUT2D eigenvalue weighted by Crippen LogP contribution is -2.05. The van der Waals surface area contributed by atoms with Gasteiger partial charge in [0, 0.05) is 10.4 Å². The van der Waals surface area contributed by atoms with E-state index in [9.17, 15) is 4.39 Å². The zero-order valence-corrected chi connectivity index (χ0v) is 8.94. The molecule has 0 aliphatic heterocycles. The summed E-state index contributed by atoms with van der Waals surface area (Å²) in [5.41, 5.74) is 3.61. The van der Waals surface area contributed by atoms with Crippen molar-refractivity contribution in [3.05, 3.63) is 35.0 Å². The molecule has 0 aliphatic rings. The van der Waals surface area contributed by atoms with Gasteiger partial charge < -0.3 is 0 Å². The highest BCUT2D eigenvalue weighted by Crippen LogP contribution is 2.31. The molecule has 0 amide bonds. The van der Waals surface area contributed by atoms with Crippen molar-refractivity contribution in [2.45, 2.75) is 6.92 Å². The van der Waals surface area contributed by atoms with Crippen LogP contribution in [0.2, 0.25) is 0 Å². The minimum Gasteiger partial charge on any atom is -0.300 e. The van der Waals surface area contributed by atoms with Crippen molar-refractivity contribution >= 4 is 16.5 Å². The van der Waals surface area contributed by atoms with Gasteiger partial charge in [0.15, 0.2) is 5.13 Å². The highest BCUT2D eigenvalue weighted by molar-refractivity contribution is 7.15. The number of nitrogen functional groups attached to an aromatic ring is 1. The predicted molar refractivity (Wildman–Crippen MR) is 60.1 cm³/mol. The van der Waals surface area contributed by atoms with Crippen LogP contribution in [0.4, 0.5) is 9.52 Å². The van der Waals surface area contributed by atoms with E-state index in [2.05, 4.69) is 10.4 Å². The number of nitrogens with zero attached hydrogens (tertiary/aromatic N) is 1. The average molecular weight is 223 g/mol. The van der Waals surface area contributed by atoms with Crippen LogP contribution in [0.1, 0.15) is 4.88 Å². The van der Waals surface area contributed by atoms with Gasteiger partial charge >= 0.3 is 0 Å². The predicted octanol–water partition coefficient (Wildman–Crippen LogP) is 2.54. The highest BCUT2D eigenvalue weighted by Gasteiger charge is 2.12. The highest BCUT2D eigenvalue weighted by atomic mass is 32.1. The van der Waals surface area contributed by atoms with E-state index in [0.29, 0.717) is 16.4 Å². The van der Waals surface area contributed by atoms with Crippen LogP contribution in [-0.2, 0) is 0 Å². The molecular formula is C10H10FN3S. The molecular weight excluding hydrogens is 213 g/mol. The second kappa shape index (κ2) is 3.96. The molecule has 0 saturated heterocycles. The number of aromatic nitrogens is 1. The van der Waals surface area contributed by atoms with Crippen molar-refractivity contribution in [2.75, 3.05) is 5.43 Å². The number of nitrogens with one attached hydrogen (secondary N) is 1. The number of aryl methyl sites for hydroxylation is 1. The molecule has 78 valence electrons. The van der Waals surface area contributed by atoms with Gasteiger partial charge in [-0.3, -0.25) is 5.43 Å². The van der Waals surface area contributed by atoms with Crippen LogP contribution >= 0.6 is 11.3 Å². The molecule has 2 rings (SSSR count). The number of benzene rings is 1. The van der Waals surface area contributed by atoms with E-state index in [0.717, 1.165) is 4.88 Å². The van der Waals surface area contributed by atoms with Crippen LogP contribution in [0.15, 0.2) is 24.3 Å². The lowest BCUT2D eigenvalue weighted by Gasteiger charge is -1.99. The summed E-state index contributed by atoms with van der Waals surface area (Å²) in [6.07, 6.45) is 0. The maximum absolute atomic E-state index is 13.5. The Kier molecular flexibility index (Phi) is 2.66. The normalized spacial score (nSPS) is 10.3. The third kappa shape index (κ3) is 1.84. The summed E-state index contributed by atoms with van der Waals surface area (Å²) in [5.74, 6) is 4.98. The van der Waals surface area contributed by atoms with Gasteiger partial charge in [-0.05, 0) is 19.1 Å². The zero-order valence-electron chi connectivity index (χ0n) is 8.12. The van der Waals surface area contributed by atoms with Gasteiger partial charge in [0.2, 0.25) is 0 Å². The van der Waals surface area contributed by atoms with Crippen molar-refractivity contribution in [2.24, 2.45) is 5.84 Å². The Labute approximate surface area is 90.7 Å². The number of hydrazine groups is 1. The van der Waals surface area contributed by atoms with Gasteiger partial charge in [0.1, 0.15) is 5.82 Å². The first-order valence-electron chi connectivity index (χ1n) is 4.41. The van der Waals surface area contributed by atoms with Crippen molar-refractivity contribution in [1.82, 2.24) is 4.98 Å². The number of thiazole rings is 1. The fourth-order valence-corrected chi connectivity index (χ4v) is 2.10. The van der Waals surface area contributed by atoms with Crippen molar-refractivity contribution in [3.63, 3.8) is 0 Å². The van der Waals surface area contributed by atoms with Crippen molar-refractivity contribution < 1.29 is 4.39 Å². The molecule has 0 radical (unpaired) electrons. The Bertz CT molecular complexity index is 481. The molecule has 2 aromatic rings. The summed E-state index contributed by atoms with van der Waals surface area (Å²) in [6, 6.07) is 6.57. The van der Waals surface area contributed by atoms with Gasteiger partial charge in [0.25, 0.3) is 0 Å². The van der Waals surface area contributed by atoms with E-state index in [1.54, 1.807) is 18.2 Å². The minimum absolute atomic E-state index is 0.269. The largest absolute Gasteiger partial charge is 0.300 e. The number of nitrogens with two attached hydrogens (primary N) is 1. The number of hydrogen-bond donors (Lipinski definition) is 2. The second-order valence-electron chi connectivity index (χ2n) is 3.05. The van der Waals surface area contributed by atoms with E-state index >= 15 is 0 Å². The molecule has 1 aromatic heterocycles. The Morgan fingerprint density at radius 2 is 2.13 bits per heavy atom. The first kappa shape index (κ1) is 10.1. The zero-order chi connectivity index (χ0) is 10.8. The molecule has 0 bridgehead atoms. The molecule has 0 fully saturated rings. The van der Waals surface area contributed by atoms with Crippen LogP contribution in [0.5, 0.6) is 0 Å². The molecule has 0 saturated carbocycles. The molecule has 1 heterocycles. The quantitative estimate of drug-likeness (QED) is 0.607. The van der Waals surface area contributed by atoms with Gasteiger partial charge in [-0.25, -0.2) is 15.2 Å². The van der Waals surface area contributed by atoms with Gasteiger partial charge in [-0.1, -0.05) is 12.1 Å². The fraction of sp³-hybridized carbons (Fsp3) is 0.100. The summed E-state index contributed by atoms with van der Waals surface area (Å²) in [6.45, 7) is 1.89. The van der Waals surface area contributed by atoms with Crippen LogP contribution in [0.25, 0.3) is 11.3 Å². The molecule has 3 N–H and O–H groups in total. The number of halogens is 1. The van der Waals surface area contributed by atoms with E-state index in [-0.39, 0.29) is 5.82 Å². The minimum atomic E-state index is -0.269. The first-order valence-corrected chi connectivity index (χ1v) is 5.23. The van der Waals surface area contributed by atoms with E-state index < -0.39 is 0 Å². The summed E-state index contributed by atoms with van der Waals surface area (Å²) in [4.78, 5) is 5.14. The van der Waals surface area contributed by atoms with Crippen LogP contribution in [-0.4, -0.2) is 4.98 Å². The topological polar surface area (TPSA) is 50.9 Å². The van der Waals surface area contributed by atoms with Gasteiger partial charge in [-0.15, -0.1) is 11.3 Å². The Morgan fingerprint density at radius 3 is 2.73 bits per heavy atom. The molecule has 3 nitrogen and oxygen atoms in total. The molecule has 15 heavy (non-hydrogen) atoms. The molecule has 0 unspecified atom stereocenters. The SMILES string of the molecule is Cc1sc(NN)nc1-c1ccccc1F. The third-order valence-electron chi connectivity index (χ3n) is 2.05. The Balaban J connectivity index is 2.54. The summed E-state index contributed by atoms with van der Waals surface area (Å²) >= 11 is 1.40. The van der Waals surface area contributed by atoms with E-state index in [1.165, 1.54) is 17.4 Å². The lowest BCUT2D eigenvalue weighted by atomic mass is 10.1. The Morgan fingerprint density at radius 1 is 1.40 bits per heavy atom. The molecule has 5 heteroatoms. The molecule has 1 aromatic carbocycles. The molecule has 0 aliphatic carbocycles. The maximum atomic E-state index is 13.5. The fourth-order valence-electron chi connectivity index (χ4n) is 1.36. The van der Waals surface area contributed by atoms with Crippen LogP contribution in [0, 0.1) is 12.7 Å². The van der Waals surface area contributed by atoms with Gasteiger partial charge in [0.05, 0.1) is 5.69 Å². The molecule has 0 spiro atoms. The monoisotopic (exact) mass is 223 g/mol. The summed E-state index contributed by atoms with van der Waals surface area (Å²) in [7, 11) is 0. The number of anilines is 1. The smallest absolute Gasteiger partial charge is 0.197 e. The van der Waals surface area contributed by atoms with Gasteiger partial charge in [-0.2, -0.15) is 0 Å². The van der Waals surface area contributed by atoms with Crippen LogP contribution in [0.3, 0.4) is 0 Å². The van der Waals surface area contributed by atoms with Crippen molar-refractivity contribution in [1.29, 1.82) is 0 Å². The molecule has 0 atom stereocenters. The number of hydrogen-bond acceptors (Lipinski definition) is 4. The third-order valence-corrected chi connectivity index (χ3v) is 2.95. The van der Waals surface area contributed by atoms with Crippen LogP contribution < -0.4 is 11.3 Å². The Hall–Kier alpha value is -1.46.